The number of nitrogens with two attached hydrogens (primary N) is 1. The Morgan fingerprint density at radius 2 is 2.30 bits per heavy atom. The normalized spacial score (nSPS) is 19.1. The van der Waals surface area contributed by atoms with Crippen LogP contribution in [0.1, 0.15) is 25.7 Å². The summed E-state index contributed by atoms with van der Waals surface area (Å²) < 4.78 is 7.57. The first kappa shape index (κ1) is 13.1. The minimum Gasteiger partial charge on any atom is -0.399 e. The fourth-order valence-electron chi connectivity index (χ4n) is 2.54. The van der Waals surface area contributed by atoms with Gasteiger partial charge in [-0.1, -0.05) is 12.1 Å². The van der Waals surface area contributed by atoms with E-state index in [1.165, 1.54) is 12.8 Å². The SMILES string of the molecule is Nc1cccc(-c2nnnn2CCC2CCCCO2)c1. The molecular formula is C14H19N5O. The second-order valence-corrected chi connectivity index (χ2v) is 5.13. The summed E-state index contributed by atoms with van der Waals surface area (Å²) in [5, 5.41) is 11.9. The van der Waals surface area contributed by atoms with E-state index in [2.05, 4.69) is 15.5 Å². The number of anilines is 1. The lowest BCUT2D eigenvalue weighted by atomic mass is 10.1. The molecule has 1 saturated heterocycles. The molecule has 0 aliphatic carbocycles. The van der Waals surface area contributed by atoms with Crippen molar-refractivity contribution in [3.63, 3.8) is 0 Å². The summed E-state index contributed by atoms with van der Waals surface area (Å²) in [6, 6.07) is 7.62. The van der Waals surface area contributed by atoms with Crippen LogP contribution in [-0.2, 0) is 11.3 Å². The molecule has 1 unspecified atom stereocenters. The average Bonchev–Trinajstić information content (AvgIpc) is 2.95. The predicted octanol–water partition coefficient (Wildman–Crippen LogP) is 1.88. The van der Waals surface area contributed by atoms with Gasteiger partial charge in [-0.15, -0.1) is 5.10 Å². The summed E-state index contributed by atoms with van der Waals surface area (Å²) in [7, 11) is 0. The number of nitrogens with zero attached hydrogens (tertiary/aromatic N) is 4. The van der Waals surface area contributed by atoms with Crippen LogP contribution in [0.15, 0.2) is 24.3 Å². The molecule has 1 aliphatic heterocycles. The Hall–Kier alpha value is -1.95. The smallest absolute Gasteiger partial charge is 0.182 e. The lowest BCUT2D eigenvalue weighted by Crippen LogP contribution is -2.21. The molecule has 1 aromatic heterocycles. The molecule has 1 aromatic carbocycles. The molecule has 2 N–H and O–H groups in total. The Labute approximate surface area is 117 Å². The van der Waals surface area contributed by atoms with Gasteiger partial charge in [-0.3, -0.25) is 0 Å². The van der Waals surface area contributed by atoms with E-state index in [0.717, 1.165) is 37.4 Å². The Morgan fingerprint density at radius 1 is 1.35 bits per heavy atom. The lowest BCUT2D eigenvalue weighted by molar-refractivity contribution is 0.00828. The maximum atomic E-state index is 5.81. The number of nitrogen functional groups attached to an aromatic ring is 1. The highest BCUT2D eigenvalue weighted by molar-refractivity contribution is 5.60. The molecule has 106 valence electrons. The molecule has 20 heavy (non-hydrogen) atoms. The van der Waals surface area contributed by atoms with E-state index in [-0.39, 0.29) is 0 Å². The third-order valence-electron chi connectivity index (χ3n) is 3.61. The number of tetrazole rings is 1. The van der Waals surface area contributed by atoms with Gasteiger partial charge >= 0.3 is 0 Å². The number of rotatable bonds is 4. The molecule has 0 saturated carbocycles. The van der Waals surface area contributed by atoms with E-state index in [1.807, 2.05) is 28.9 Å². The van der Waals surface area contributed by atoms with Gasteiger partial charge in [0.15, 0.2) is 5.82 Å². The van der Waals surface area contributed by atoms with Crippen LogP contribution in [-0.4, -0.2) is 32.9 Å². The Morgan fingerprint density at radius 3 is 3.10 bits per heavy atom. The molecule has 2 heterocycles. The molecule has 6 nitrogen and oxygen atoms in total. The summed E-state index contributed by atoms with van der Waals surface area (Å²) in [5.41, 5.74) is 7.47. The van der Waals surface area contributed by atoms with Gasteiger partial charge in [0, 0.05) is 24.4 Å². The first-order chi connectivity index (χ1) is 9.83. The molecular weight excluding hydrogens is 254 g/mol. The van der Waals surface area contributed by atoms with Crippen molar-refractivity contribution >= 4 is 5.69 Å². The largest absolute Gasteiger partial charge is 0.399 e. The van der Waals surface area contributed by atoms with Crippen molar-refractivity contribution in [2.45, 2.75) is 38.3 Å². The zero-order valence-electron chi connectivity index (χ0n) is 11.4. The molecule has 0 spiro atoms. The summed E-state index contributed by atoms with van der Waals surface area (Å²) in [4.78, 5) is 0. The highest BCUT2D eigenvalue weighted by Crippen LogP contribution is 2.20. The second kappa shape index (κ2) is 6.00. The Bertz CT molecular complexity index is 562. The fourth-order valence-corrected chi connectivity index (χ4v) is 2.54. The zero-order chi connectivity index (χ0) is 13.8. The van der Waals surface area contributed by atoms with Crippen LogP contribution >= 0.6 is 0 Å². The molecule has 6 heteroatoms. The number of aryl methyl sites for hydroxylation is 1. The second-order valence-electron chi connectivity index (χ2n) is 5.13. The summed E-state index contributed by atoms with van der Waals surface area (Å²) >= 11 is 0. The van der Waals surface area contributed by atoms with Gasteiger partial charge in [0.2, 0.25) is 0 Å². The molecule has 1 atom stereocenters. The van der Waals surface area contributed by atoms with Gasteiger partial charge < -0.3 is 10.5 Å². The number of hydrogen-bond acceptors (Lipinski definition) is 5. The van der Waals surface area contributed by atoms with E-state index in [1.54, 1.807) is 0 Å². The standard InChI is InChI=1S/C14H19N5O/c15-12-5-3-4-11(10-12)14-16-17-18-19(14)8-7-13-6-1-2-9-20-13/h3-5,10,13H,1-2,6-9,15H2. The first-order valence-electron chi connectivity index (χ1n) is 7.06. The average molecular weight is 273 g/mol. The van der Waals surface area contributed by atoms with Crippen LogP contribution in [0.4, 0.5) is 5.69 Å². The van der Waals surface area contributed by atoms with E-state index in [9.17, 15) is 0 Å². The third kappa shape index (κ3) is 2.96. The Kier molecular flexibility index (Phi) is 3.92. The molecule has 1 aliphatic rings. The Balaban J connectivity index is 1.70. The van der Waals surface area contributed by atoms with Crippen molar-refractivity contribution in [2.75, 3.05) is 12.3 Å². The van der Waals surface area contributed by atoms with Gasteiger partial charge in [0.05, 0.1) is 6.10 Å². The predicted molar refractivity (Wildman–Crippen MR) is 75.9 cm³/mol. The van der Waals surface area contributed by atoms with Crippen LogP contribution in [0.25, 0.3) is 11.4 Å². The quantitative estimate of drug-likeness (QED) is 0.860. The zero-order valence-corrected chi connectivity index (χ0v) is 11.4. The number of hydrogen-bond donors (Lipinski definition) is 1. The van der Waals surface area contributed by atoms with Gasteiger partial charge in [-0.25, -0.2) is 4.68 Å². The highest BCUT2D eigenvalue weighted by atomic mass is 16.5. The molecule has 0 amide bonds. The summed E-state index contributed by atoms with van der Waals surface area (Å²) in [5.74, 6) is 0.758. The van der Waals surface area contributed by atoms with Crippen LogP contribution < -0.4 is 5.73 Å². The van der Waals surface area contributed by atoms with Crippen molar-refractivity contribution < 1.29 is 4.74 Å². The molecule has 0 radical (unpaired) electrons. The third-order valence-corrected chi connectivity index (χ3v) is 3.61. The van der Waals surface area contributed by atoms with E-state index in [4.69, 9.17) is 10.5 Å². The van der Waals surface area contributed by atoms with Crippen LogP contribution in [0.2, 0.25) is 0 Å². The number of ether oxygens (including phenoxy) is 1. The topological polar surface area (TPSA) is 78.9 Å². The van der Waals surface area contributed by atoms with Crippen LogP contribution in [0.5, 0.6) is 0 Å². The maximum absolute atomic E-state index is 5.81. The van der Waals surface area contributed by atoms with Crippen molar-refractivity contribution in [1.82, 2.24) is 20.2 Å². The van der Waals surface area contributed by atoms with Gasteiger partial charge in [0.1, 0.15) is 0 Å². The van der Waals surface area contributed by atoms with Crippen LogP contribution in [0, 0.1) is 0 Å². The summed E-state index contributed by atoms with van der Waals surface area (Å²) in [6.45, 7) is 1.64. The van der Waals surface area contributed by atoms with E-state index in [0.29, 0.717) is 11.8 Å². The van der Waals surface area contributed by atoms with Gasteiger partial charge in [0.25, 0.3) is 0 Å². The minimum atomic E-state index is 0.335. The van der Waals surface area contributed by atoms with Crippen molar-refractivity contribution in [2.24, 2.45) is 0 Å². The number of benzene rings is 1. The molecule has 2 aromatic rings. The van der Waals surface area contributed by atoms with E-state index >= 15 is 0 Å². The number of aromatic nitrogens is 4. The molecule has 3 rings (SSSR count). The van der Waals surface area contributed by atoms with Crippen molar-refractivity contribution in [3.8, 4) is 11.4 Å². The lowest BCUT2D eigenvalue weighted by Gasteiger charge is -2.22. The van der Waals surface area contributed by atoms with Crippen molar-refractivity contribution in [1.29, 1.82) is 0 Å². The van der Waals surface area contributed by atoms with Crippen molar-refractivity contribution in [3.05, 3.63) is 24.3 Å². The maximum Gasteiger partial charge on any atom is 0.182 e. The minimum absolute atomic E-state index is 0.335. The molecule has 0 bridgehead atoms. The first-order valence-corrected chi connectivity index (χ1v) is 7.06. The van der Waals surface area contributed by atoms with E-state index < -0.39 is 0 Å². The molecule has 1 fully saturated rings. The van der Waals surface area contributed by atoms with Gasteiger partial charge in [-0.2, -0.15) is 0 Å². The van der Waals surface area contributed by atoms with Crippen LogP contribution in [0.3, 0.4) is 0 Å². The van der Waals surface area contributed by atoms with Gasteiger partial charge in [-0.05, 0) is 48.2 Å². The highest BCUT2D eigenvalue weighted by Gasteiger charge is 2.15. The summed E-state index contributed by atoms with van der Waals surface area (Å²) in [6.07, 6.45) is 4.84. The monoisotopic (exact) mass is 273 g/mol. The fraction of sp³-hybridized carbons (Fsp3) is 0.500.